The number of hydrogen-bond donors (Lipinski definition) is 0. The topological polar surface area (TPSA) is 37.4 Å². The monoisotopic (exact) mass is 189 g/mol. The van der Waals surface area contributed by atoms with Crippen molar-refractivity contribution in [3.05, 3.63) is 12.2 Å². The van der Waals surface area contributed by atoms with Crippen molar-refractivity contribution in [2.24, 2.45) is 5.92 Å². The van der Waals surface area contributed by atoms with Gasteiger partial charge in [0.05, 0.1) is 6.26 Å². The van der Waals surface area contributed by atoms with Crippen LogP contribution in [0.3, 0.4) is 0 Å². The lowest BCUT2D eigenvalue weighted by atomic mass is 10.0. The van der Waals surface area contributed by atoms with Crippen molar-refractivity contribution in [1.29, 1.82) is 0 Å². The predicted octanol–water partition coefficient (Wildman–Crippen LogP) is 0.844. The molecule has 0 aliphatic carbocycles. The highest BCUT2D eigenvalue weighted by Gasteiger charge is 2.29. The average Bonchev–Trinajstić information content (AvgIpc) is 2.29. The molecule has 1 unspecified atom stereocenters. The van der Waals surface area contributed by atoms with Crippen LogP contribution in [0.1, 0.15) is 13.3 Å². The molecule has 0 saturated carbocycles. The fourth-order valence-corrected chi connectivity index (χ4v) is 2.32. The largest absolute Gasteiger partial charge is 0.212 e. The van der Waals surface area contributed by atoms with Crippen LogP contribution < -0.4 is 0 Å². The van der Waals surface area contributed by atoms with Crippen LogP contribution in [0.15, 0.2) is 12.2 Å². The number of rotatable bonds is 2. The van der Waals surface area contributed by atoms with Crippen molar-refractivity contribution in [2.45, 2.75) is 13.3 Å². The van der Waals surface area contributed by atoms with E-state index >= 15 is 0 Å². The summed E-state index contributed by atoms with van der Waals surface area (Å²) in [4.78, 5) is 0. The zero-order valence-corrected chi connectivity index (χ0v) is 8.39. The molecule has 0 spiro atoms. The molecule has 1 heterocycles. The molecule has 4 heteroatoms. The second-order valence-electron chi connectivity index (χ2n) is 3.32. The van der Waals surface area contributed by atoms with E-state index in [1.807, 2.05) is 0 Å². The van der Waals surface area contributed by atoms with Crippen LogP contribution >= 0.6 is 0 Å². The fourth-order valence-electron chi connectivity index (χ4n) is 1.47. The normalized spacial score (nSPS) is 26.5. The summed E-state index contributed by atoms with van der Waals surface area (Å²) < 4.78 is 23.7. The lowest BCUT2D eigenvalue weighted by Crippen LogP contribution is -2.27. The Bertz CT molecular complexity index is 281. The molecule has 1 rings (SSSR count). The first-order chi connectivity index (χ1) is 5.45. The highest BCUT2D eigenvalue weighted by atomic mass is 32.2. The zero-order valence-electron chi connectivity index (χ0n) is 7.58. The maximum absolute atomic E-state index is 11.1. The molecule has 3 nitrogen and oxygen atoms in total. The molecule has 0 aromatic heterocycles. The Hall–Kier alpha value is -0.350. The molecule has 1 atom stereocenters. The lowest BCUT2D eigenvalue weighted by molar-refractivity contribution is 0.458. The van der Waals surface area contributed by atoms with Gasteiger partial charge in [-0.15, -0.1) is 0 Å². The molecule has 1 aliphatic rings. The summed E-state index contributed by atoms with van der Waals surface area (Å²) in [6.07, 6.45) is 2.23. The Kier molecular flexibility index (Phi) is 2.58. The molecule has 1 fully saturated rings. The molecule has 0 aromatic carbocycles. The predicted molar refractivity (Wildman–Crippen MR) is 49.3 cm³/mol. The summed E-state index contributed by atoms with van der Waals surface area (Å²) >= 11 is 0. The average molecular weight is 189 g/mol. The molecule has 70 valence electrons. The van der Waals surface area contributed by atoms with Crippen LogP contribution in [0.25, 0.3) is 0 Å². The van der Waals surface area contributed by atoms with E-state index in [0.29, 0.717) is 19.0 Å². The van der Waals surface area contributed by atoms with Crippen LogP contribution in [0.5, 0.6) is 0 Å². The van der Waals surface area contributed by atoms with E-state index in [1.54, 1.807) is 0 Å². The number of hydrogen-bond acceptors (Lipinski definition) is 2. The van der Waals surface area contributed by atoms with E-state index in [9.17, 15) is 8.42 Å². The summed E-state index contributed by atoms with van der Waals surface area (Å²) in [6.45, 7) is 7.05. The van der Waals surface area contributed by atoms with Gasteiger partial charge in [-0.2, -0.15) is 4.31 Å². The molecule has 0 bridgehead atoms. The van der Waals surface area contributed by atoms with E-state index in [1.165, 1.54) is 10.6 Å². The summed E-state index contributed by atoms with van der Waals surface area (Å²) in [6, 6.07) is 0. The van der Waals surface area contributed by atoms with Gasteiger partial charge in [-0.05, 0) is 12.3 Å². The van der Waals surface area contributed by atoms with Crippen molar-refractivity contribution in [3.8, 4) is 0 Å². The standard InChI is InChI=1S/C8H15NO2S/c1-4-8-6-9(5-7(8)2)12(3,10)11/h8H,2,4-6H2,1,3H3. The molecule has 1 saturated heterocycles. The van der Waals surface area contributed by atoms with Crippen molar-refractivity contribution < 1.29 is 8.42 Å². The van der Waals surface area contributed by atoms with Crippen LogP contribution in [0, 0.1) is 5.92 Å². The van der Waals surface area contributed by atoms with Gasteiger partial charge in [0.25, 0.3) is 0 Å². The summed E-state index contributed by atoms with van der Waals surface area (Å²) in [5, 5.41) is 0. The van der Waals surface area contributed by atoms with Crippen LogP contribution in [-0.2, 0) is 10.0 Å². The third kappa shape index (κ3) is 1.87. The van der Waals surface area contributed by atoms with Crippen molar-refractivity contribution in [3.63, 3.8) is 0 Å². The van der Waals surface area contributed by atoms with Crippen molar-refractivity contribution >= 4 is 10.0 Å². The molecule has 0 amide bonds. The van der Waals surface area contributed by atoms with Crippen molar-refractivity contribution in [2.75, 3.05) is 19.3 Å². The van der Waals surface area contributed by atoms with Gasteiger partial charge >= 0.3 is 0 Å². The second-order valence-corrected chi connectivity index (χ2v) is 5.30. The molecule has 0 radical (unpaired) electrons. The van der Waals surface area contributed by atoms with Gasteiger partial charge in [-0.3, -0.25) is 0 Å². The highest BCUT2D eigenvalue weighted by Crippen LogP contribution is 2.25. The van der Waals surface area contributed by atoms with Crippen molar-refractivity contribution in [1.82, 2.24) is 4.31 Å². The van der Waals surface area contributed by atoms with E-state index in [2.05, 4.69) is 13.5 Å². The van der Waals surface area contributed by atoms with Crippen LogP contribution in [0.4, 0.5) is 0 Å². The Morgan fingerprint density at radius 1 is 1.67 bits per heavy atom. The minimum absolute atomic E-state index is 0.361. The second kappa shape index (κ2) is 3.18. The number of sulfonamides is 1. The van der Waals surface area contributed by atoms with Crippen LogP contribution in [-0.4, -0.2) is 32.1 Å². The molecule has 12 heavy (non-hydrogen) atoms. The minimum Gasteiger partial charge on any atom is -0.212 e. The van der Waals surface area contributed by atoms with Crippen LogP contribution in [0.2, 0.25) is 0 Å². The Balaban J connectivity index is 2.73. The summed E-state index contributed by atoms with van der Waals surface area (Å²) in [5.41, 5.74) is 1.04. The van der Waals surface area contributed by atoms with Gasteiger partial charge in [-0.25, -0.2) is 8.42 Å². The van der Waals surface area contributed by atoms with Gasteiger partial charge in [0, 0.05) is 13.1 Å². The lowest BCUT2D eigenvalue weighted by Gasteiger charge is -2.11. The summed E-state index contributed by atoms with van der Waals surface area (Å²) in [5.74, 6) is 0.361. The summed E-state index contributed by atoms with van der Waals surface area (Å²) in [7, 11) is -3.01. The first-order valence-corrected chi connectivity index (χ1v) is 5.92. The van der Waals surface area contributed by atoms with Gasteiger partial charge in [0.1, 0.15) is 0 Å². The Labute approximate surface area is 74.1 Å². The Morgan fingerprint density at radius 2 is 2.25 bits per heavy atom. The Morgan fingerprint density at radius 3 is 2.50 bits per heavy atom. The molecular formula is C8H15NO2S. The SMILES string of the molecule is C=C1CN(S(C)(=O)=O)CC1CC. The van der Waals surface area contributed by atoms with E-state index < -0.39 is 10.0 Å². The van der Waals surface area contributed by atoms with E-state index in [0.717, 1.165) is 12.0 Å². The zero-order chi connectivity index (χ0) is 9.35. The van der Waals surface area contributed by atoms with E-state index in [4.69, 9.17) is 0 Å². The third-order valence-electron chi connectivity index (χ3n) is 2.34. The first kappa shape index (κ1) is 9.74. The number of nitrogens with zero attached hydrogens (tertiary/aromatic N) is 1. The molecule has 0 aromatic rings. The highest BCUT2D eigenvalue weighted by molar-refractivity contribution is 7.88. The molecule has 0 N–H and O–H groups in total. The minimum atomic E-state index is -3.01. The maximum Gasteiger partial charge on any atom is 0.211 e. The molecular weight excluding hydrogens is 174 g/mol. The maximum atomic E-state index is 11.1. The van der Waals surface area contributed by atoms with E-state index in [-0.39, 0.29) is 0 Å². The smallest absolute Gasteiger partial charge is 0.211 e. The third-order valence-corrected chi connectivity index (χ3v) is 3.56. The fraction of sp³-hybridized carbons (Fsp3) is 0.750. The molecule has 1 aliphatic heterocycles. The quantitative estimate of drug-likeness (QED) is 0.604. The first-order valence-electron chi connectivity index (χ1n) is 4.08. The van der Waals surface area contributed by atoms with Gasteiger partial charge in [0.15, 0.2) is 0 Å². The van der Waals surface area contributed by atoms with Gasteiger partial charge in [0.2, 0.25) is 10.0 Å². The van der Waals surface area contributed by atoms with Gasteiger partial charge in [-0.1, -0.05) is 19.1 Å². The van der Waals surface area contributed by atoms with Gasteiger partial charge < -0.3 is 0 Å².